The van der Waals surface area contributed by atoms with Gasteiger partial charge in [-0.3, -0.25) is 0 Å². The molecule has 0 saturated heterocycles. The van der Waals surface area contributed by atoms with E-state index < -0.39 is 11.6 Å². The maximum Gasteiger partial charge on any atom is 0.200 e. The van der Waals surface area contributed by atoms with Crippen LogP contribution in [-0.4, -0.2) is 13.2 Å². The molecule has 1 heterocycles. The zero-order chi connectivity index (χ0) is 12.4. The minimum Gasteiger partial charge on any atom is -0.485 e. The van der Waals surface area contributed by atoms with E-state index in [-0.39, 0.29) is 17.9 Å². The summed E-state index contributed by atoms with van der Waals surface area (Å²) in [5, 5.41) is 0. The van der Waals surface area contributed by atoms with Crippen LogP contribution < -0.4 is 10.2 Å². The number of hydroxylamine groups is 1. The summed E-state index contributed by atoms with van der Waals surface area (Å²) in [6, 6.07) is 2.38. The molecule has 0 aliphatic carbocycles. The zero-order valence-corrected chi connectivity index (χ0v) is 9.80. The van der Waals surface area contributed by atoms with E-state index in [1.807, 2.05) is 6.92 Å². The molecule has 2 unspecified atom stereocenters. The minimum atomic E-state index is -0.927. The first kappa shape index (κ1) is 12.3. The van der Waals surface area contributed by atoms with E-state index in [0.717, 1.165) is 18.9 Å². The molecule has 94 valence electrons. The van der Waals surface area contributed by atoms with Crippen LogP contribution in [0.25, 0.3) is 0 Å². The first-order chi connectivity index (χ1) is 8.19. The predicted molar refractivity (Wildman–Crippen MR) is 58.6 cm³/mol. The number of nitrogens with one attached hydrogen (secondary N) is 1. The molecular formula is C12H15F2NO2. The molecular weight excluding hydrogens is 228 g/mol. The molecule has 5 heteroatoms. The second kappa shape index (κ2) is 4.98. The molecule has 3 nitrogen and oxygen atoms in total. The van der Waals surface area contributed by atoms with E-state index in [0.29, 0.717) is 5.56 Å². The van der Waals surface area contributed by atoms with Gasteiger partial charge in [0.05, 0.1) is 13.2 Å². The van der Waals surface area contributed by atoms with Crippen molar-refractivity contribution in [1.82, 2.24) is 5.48 Å². The van der Waals surface area contributed by atoms with Crippen molar-refractivity contribution in [2.45, 2.75) is 31.9 Å². The Balaban J connectivity index is 2.35. The zero-order valence-electron chi connectivity index (χ0n) is 9.80. The van der Waals surface area contributed by atoms with Gasteiger partial charge in [-0.05, 0) is 12.5 Å². The van der Waals surface area contributed by atoms with Crippen molar-refractivity contribution in [3.05, 3.63) is 29.3 Å². The molecule has 1 aliphatic rings. The maximum absolute atomic E-state index is 13.6. The van der Waals surface area contributed by atoms with Crippen molar-refractivity contribution in [2.24, 2.45) is 0 Å². The fourth-order valence-electron chi connectivity index (χ4n) is 2.11. The van der Waals surface area contributed by atoms with E-state index in [1.54, 1.807) is 0 Å². The standard InChI is InChI=1S/C12H15F2NO2/c1-3-4-9-11(15-16-2)7-5-6-8(13)10(14)12(7)17-9/h5-6,9,11,15H,3-4H2,1-2H3. The smallest absolute Gasteiger partial charge is 0.200 e. The summed E-state index contributed by atoms with van der Waals surface area (Å²) in [5.41, 5.74) is 3.37. The highest BCUT2D eigenvalue weighted by molar-refractivity contribution is 5.42. The average molecular weight is 243 g/mol. The van der Waals surface area contributed by atoms with Crippen LogP contribution in [0.1, 0.15) is 31.4 Å². The lowest BCUT2D eigenvalue weighted by molar-refractivity contribution is 0.0264. The lowest BCUT2D eigenvalue weighted by Crippen LogP contribution is -2.30. The van der Waals surface area contributed by atoms with Crippen LogP contribution in [0.5, 0.6) is 5.75 Å². The number of hydrogen-bond acceptors (Lipinski definition) is 3. The molecule has 1 N–H and O–H groups in total. The predicted octanol–water partition coefficient (Wildman–Crippen LogP) is 2.72. The highest BCUT2D eigenvalue weighted by Crippen LogP contribution is 2.40. The van der Waals surface area contributed by atoms with E-state index in [9.17, 15) is 8.78 Å². The minimum absolute atomic E-state index is 0.00185. The summed E-state index contributed by atoms with van der Waals surface area (Å²) in [7, 11) is 1.49. The molecule has 0 spiro atoms. The fraction of sp³-hybridized carbons (Fsp3) is 0.500. The summed E-state index contributed by atoms with van der Waals surface area (Å²) < 4.78 is 32.1. The number of hydrogen-bond donors (Lipinski definition) is 1. The first-order valence-corrected chi connectivity index (χ1v) is 5.62. The number of benzene rings is 1. The highest BCUT2D eigenvalue weighted by atomic mass is 19.2. The summed E-state index contributed by atoms with van der Waals surface area (Å²) in [6.07, 6.45) is 1.41. The van der Waals surface area contributed by atoms with Crippen molar-refractivity contribution in [3.63, 3.8) is 0 Å². The van der Waals surface area contributed by atoms with Gasteiger partial charge in [-0.15, -0.1) is 0 Å². The van der Waals surface area contributed by atoms with Gasteiger partial charge in [-0.2, -0.15) is 9.87 Å². The SMILES string of the molecule is CCCC1Oc2c(ccc(F)c2F)C1NOC. The first-order valence-electron chi connectivity index (χ1n) is 5.62. The van der Waals surface area contributed by atoms with E-state index >= 15 is 0 Å². The van der Waals surface area contributed by atoms with Gasteiger partial charge in [0.2, 0.25) is 5.82 Å². The third-order valence-corrected chi connectivity index (χ3v) is 2.87. The Morgan fingerprint density at radius 1 is 1.41 bits per heavy atom. The molecule has 0 radical (unpaired) electrons. The quantitative estimate of drug-likeness (QED) is 0.825. The molecule has 0 aromatic heterocycles. The van der Waals surface area contributed by atoms with Gasteiger partial charge in [0.1, 0.15) is 6.10 Å². The van der Waals surface area contributed by atoms with Crippen LogP contribution in [-0.2, 0) is 4.84 Å². The second-order valence-corrected chi connectivity index (χ2v) is 4.02. The Kier molecular flexibility index (Phi) is 3.59. The van der Waals surface area contributed by atoms with Crippen LogP contribution in [0.2, 0.25) is 0 Å². The van der Waals surface area contributed by atoms with E-state index in [1.165, 1.54) is 13.2 Å². The lowest BCUT2D eigenvalue weighted by atomic mass is 10.0. The summed E-state index contributed by atoms with van der Waals surface area (Å²) in [4.78, 5) is 4.88. The summed E-state index contributed by atoms with van der Waals surface area (Å²) >= 11 is 0. The Morgan fingerprint density at radius 2 is 2.18 bits per heavy atom. The largest absolute Gasteiger partial charge is 0.485 e. The van der Waals surface area contributed by atoms with E-state index in [2.05, 4.69) is 5.48 Å². The van der Waals surface area contributed by atoms with Gasteiger partial charge in [0.15, 0.2) is 11.6 Å². The van der Waals surface area contributed by atoms with Gasteiger partial charge in [0.25, 0.3) is 0 Å². The van der Waals surface area contributed by atoms with Crippen LogP contribution in [0.15, 0.2) is 12.1 Å². The van der Waals surface area contributed by atoms with Crippen LogP contribution in [0.4, 0.5) is 8.78 Å². The van der Waals surface area contributed by atoms with E-state index in [4.69, 9.17) is 9.57 Å². The van der Waals surface area contributed by atoms with Gasteiger partial charge in [-0.1, -0.05) is 19.4 Å². The van der Waals surface area contributed by atoms with Gasteiger partial charge < -0.3 is 9.57 Å². The summed E-state index contributed by atoms with van der Waals surface area (Å²) in [5.74, 6) is -1.82. The molecule has 2 atom stereocenters. The highest BCUT2D eigenvalue weighted by Gasteiger charge is 2.36. The molecule has 2 rings (SSSR count). The maximum atomic E-state index is 13.6. The Morgan fingerprint density at radius 3 is 2.82 bits per heavy atom. The molecule has 0 fully saturated rings. The molecule has 0 saturated carbocycles. The van der Waals surface area contributed by atoms with Crippen molar-refractivity contribution >= 4 is 0 Å². The van der Waals surface area contributed by atoms with Crippen LogP contribution in [0.3, 0.4) is 0 Å². The monoisotopic (exact) mass is 243 g/mol. The number of halogens is 2. The topological polar surface area (TPSA) is 30.5 Å². The van der Waals surface area contributed by atoms with Crippen molar-refractivity contribution in [3.8, 4) is 5.75 Å². The van der Waals surface area contributed by atoms with Crippen molar-refractivity contribution in [1.29, 1.82) is 0 Å². The lowest BCUT2D eigenvalue weighted by Gasteiger charge is -2.18. The molecule has 1 aromatic rings. The molecule has 0 bridgehead atoms. The Bertz CT molecular complexity index is 412. The van der Waals surface area contributed by atoms with Crippen LogP contribution >= 0.6 is 0 Å². The molecule has 17 heavy (non-hydrogen) atoms. The molecule has 1 aromatic carbocycles. The normalized spacial score (nSPS) is 22.4. The fourth-order valence-corrected chi connectivity index (χ4v) is 2.11. The van der Waals surface area contributed by atoms with Gasteiger partial charge in [-0.25, -0.2) is 4.39 Å². The number of ether oxygens (including phenoxy) is 1. The molecule has 0 amide bonds. The van der Waals surface area contributed by atoms with Crippen molar-refractivity contribution < 1.29 is 18.4 Å². The Labute approximate surface area is 98.7 Å². The third kappa shape index (κ3) is 2.12. The number of fused-ring (bicyclic) bond motifs is 1. The van der Waals surface area contributed by atoms with Crippen molar-refractivity contribution in [2.75, 3.05) is 7.11 Å². The third-order valence-electron chi connectivity index (χ3n) is 2.87. The average Bonchev–Trinajstić information content (AvgIpc) is 2.65. The second-order valence-electron chi connectivity index (χ2n) is 4.02. The number of rotatable bonds is 4. The Hall–Kier alpha value is -1.20. The molecule has 1 aliphatic heterocycles. The summed E-state index contributed by atoms with van der Waals surface area (Å²) in [6.45, 7) is 2.01. The van der Waals surface area contributed by atoms with Crippen LogP contribution in [0, 0.1) is 11.6 Å². The van der Waals surface area contributed by atoms with Gasteiger partial charge in [0, 0.05) is 5.56 Å². The van der Waals surface area contributed by atoms with Gasteiger partial charge >= 0.3 is 0 Å².